The number of hydrogen-bond acceptors (Lipinski definition) is 2. The highest BCUT2D eigenvalue weighted by atomic mass is 16.2. The van der Waals surface area contributed by atoms with E-state index in [1.165, 1.54) is 18.3 Å². The zero-order valence-electron chi connectivity index (χ0n) is 9.14. The van der Waals surface area contributed by atoms with E-state index in [4.69, 9.17) is 0 Å². The Morgan fingerprint density at radius 3 is 2.65 bits per heavy atom. The Morgan fingerprint density at radius 2 is 1.94 bits per heavy atom. The number of pyridine rings is 1. The molecule has 0 unspecified atom stereocenters. The number of carbonyl (C=O) groups excluding carboxylic acids is 1. The summed E-state index contributed by atoms with van der Waals surface area (Å²) in [5.41, 5.74) is 1.10. The highest BCUT2D eigenvalue weighted by Crippen LogP contribution is 1.98. The van der Waals surface area contributed by atoms with Crippen molar-refractivity contribution in [2.45, 2.75) is 6.54 Å². The molecule has 2 rings (SSSR count). The predicted octanol–water partition coefficient (Wildman–Crippen LogP) is 1.30. The summed E-state index contributed by atoms with van der Waals surface area (Å²) in [6, 6.07) is 12.2. The van der Waals surface area contributed by atoms with Gasteiger partial charge in [0.05, 0.1) is 0 Å². The fourth-order valence-corrected chi connectivity index (χ4v) is 1.45. The Kier molecular flexibility index (Phi) is 3.35. The molecule has 0 saturated carbocycles. The molecule has 2 N–H and O–H groups in total. The van der Waals surface area contributed by atoms with E-state index in [1.807, 2.05) is 30.3 Å². The average molecular weight is 228 g/mol. The smallest absolute Gasteiger partial charge is 0.268 e. The van der Waals surface area contributed by atoms with Crippen molar-refractivity contribution in [2.24, 2.45) is 0 Å². The maximum atomic E-state index is 11.7. The van der Waals surface area contributed by atoms with Gasteiger partial charge in [0.1, 0.15) is 5.69 Å². The fraction of sp³-hybridized carbons (Fsp3) is 0.0769. The van der Waals surface area contributed by atoms with Crippen LogP contribution in [0.1, 0.15) is 16.1 Å². The minimum atomic E-state index is -0.286. The summed E-state index contributed by atoms with van der Waals surface area (Å²) in [7, 11) is 0. The summed E-state index contributed by atoms with van der Waals surface area (Å²) in [6.45, 7) is 0.441. The first-order valence-electron chi connectivity index (χ1n) is 5.26. The molecule has 0 bridgehead atoms. The van der Waals surface area contributed by atoms with E-state index in [0.29, 0.717) is 6.54 Å². The lowest BCUT2D eigenvalue weighted by molar-refractivity contribution is 0.0946. The van der Waals surface area contributed by atoms with Crippen molar-refractivity contribution in [1.82, 2.24) is 10.3 Å². The van der Waals surface area contributed by atoms with Crippen LogP contribution >= 0.6 is 0 Å². The molecule has 0 aliphatic heterocycles. The molecule has 4 heteroatoms. The number of amides is 1. The third kappa shape index (κ3) is 3.04. The summed E-state index contributed by atoms with van der Waals surface area (Å²) in [6.07, 6.45) is 1.46. The lowest BCUT2D eigenvalue weighted by atomic mass is 10.2. The van der Waals surface area contributed by atoms with Crippen LogP contribution < -0.4 is 10.7 Å². The number of carbonyl (C=O) groups is 1. The number of H-pyrrole nitrogens is 1. The second kappa shape index (κ2) is 5.12. The van der Waals surface area contributed by atoms with Crippen molar-refractivity contribution in [1.29, 1.82) is 0 Å². The highest BCUT2D eigenvalue weighted by molar-refractivity contribution is 5.92. The first kappa shape index (κ1) is 11.1. The van der Waals surface area contributed by atoms with Crippen LogP contribution in [-0.4, -0.2) is 10.9 Å². The van der Waals surface area contributed by atoms with Crippen molar-refractivity contribution in [2.75, 3.05) is 0 Å². The third-order valence-electron chi connectivity index (χ3n) is 2.31. The summed E-state index contributed by atoms with van der Waals surface area (Å²) in [5.74, 6) is -0.286. The molecule has 0 fully saturated rings. The Hall–Kier alpha value is -2.36. The predicted molar refractivity (Wildman–Crippen MR) is 64.7 cm³/mol. The first-order chi connectivity index (χ1) is 8.25. The number of hydrogen-bond donors (Lipinski definition) is 2. The molecule has 0 radical (unpaired) electrons. The van der Waals surface area contributed by atoms with E-state index in [-0.39, 0.29) is 17.0 Å². The molecule has 1 aromatic carbocycles. The van der Waals surface area contributed by atoms with Crippen LogP contribution in [0.15, 0.2) is 53.5 Å². The molecule has 0 aliphatic rings. The summed E-state index contributed by atoms with van der Waals surface area (Å²) >= 11 is 0. The largest absolute Gasteiger partial charge is 0.357 e. The second-order valence-corrected chi connectivity index (χ2v) is 3.61. The highest BCUT2D eigenvalue weighted by Gasteiger charge is 2.05. The van der Waals surface area contributed by atoms with Gasteiger partial charge in [-0.1, -0.05) is 30.3 Å². The summed E-state index contributed by atoms with van der Waals surface area (Å²) in [4.78, 5) is 25.5. The Bertz CT molecular complexity index is 561. The van der Waals surface area contributed by atoms with Gasteiger partial charge in [0, 0.05) is 24.9 Å². The maximum Gasteiger partial charge on any atom is 0.268 e. The molecule has 1 heterocycles. The Balaban J connectivity index is 2.01. The molecule has 1 aromatic heterocycles. The van der Waals surface area contributed by atoms with Gasteiger partial charge in [0.15, 0.2) is 5.43 Å². The van der Waals surface area contributed by atoms with Crippen LogP contribution in [0.2, 0.25) is 0 Å². The van der Waals surface area contributed by atoms with Gasteiger partial charge in [0.2, 0.25) is 0 Å². The lowest BCUT2D eigenvalue weighted by Crippen LogP contribution is -2.24. The molecule has 2 aromatic rings. The maximum absolute atomic E-state index is 11.7. The molecule has 0 spiro atoms. The first-order valence-corrected chi connectivity index (χ1v) is 5.26. The van der Waals surface area contributed by atoms with Gasteiger partial charge in [-0.25, -0.2) is 0 Å². The van der Waals surface area contributed by atoms with E-state index < -0.39 is 0 Å². The van der Waals surface area contributed by atoms with E-state index in [2.05, 4.69) is 10.3 Å². The summed E-state index contributed by atoms with van der Waals surface area (Å²) in [5, 5.41) is 2.73. The van der Waals surface area contributed by atoms with Crippen LogP contribution in [-0.2, 0) is 6.54 Å². The molecule has 0 aliphatic carbocycles. The van der Waals surface area contributed by atoms with Crippen molar-refractivity contribution in [3.63, 3.8) is 0 Å². The van der Waals surface area contributed by atoms with Crippen molar-refractivity contribution in [3.05, 3.63) is 70.1 Å². The van der Waals surface area contributed by atoms with Crippen LogP contribution in [0.25, 0.3) is 0 Å². The average Bonchev–Trinajstić information content (AvgIpc) is 2.37. The Morgan fingerprint density at radius 1 is 1.18 bits per heavy atom. The van der Waals surface area contributed by atoms with Gasteiger partial charge >= 0.3 is 0 Å². The van der Waals surface area contributed by atoms with Crippen LogP contribution in [0, 0.1) is 0 Å². The zero-order chi connectivity index (χ0) is 12.1. The van der Waals surface area contributed by atoms with E-state index in [0.717, 1.165) is 5.56 Å². The van der Waals surface area contributed by atoms with Gasteiger partial charge in [-0.3, -0.25) is 9.59 Å². The molecule has 17 heavy (non-hydrogen) atoms. The molecule has 0 atom stereocenters. The number of rotatable bonds is 3. The van der Waals surface area contributed by atoms with E-state index >= 15 is 0 Å². The van der Waals surface area contributed by atoms with Crippen LogP contribution in [0.5, 0.6) is 0 Å². The van der Waals surface area contributed by atoms with Gasteiger partial charge in [-0.2, -0.15) is 0 Å². The summed E-state index contributed by atoms with van der Waals surface area (Å²) < 4.78 is 0. The zero-order valence-corrected chi connectivity index (χ0v) is 9.14. The monoisotopic (exact) mass is 228 g/mol. The van der Waals surface area contributed by atoms with Gasteiger partial charge in [-0.05, 0) is 5.56 Å². The standard InChI is InChI=1S/C13H12N2O2/c16-11-6-7-14-12(8-11)13(17)15-9-10-4-2-1-3-5-10/h1-8H,9H2,(H,14,16)(H,15,17). The van der Waals surface area contributed by atoms with Crippen LogP contribution in [0.3, 0.4) is 0 Å². The molecule has 86 valence electrons. The lowest BCUT2D eigenvalue weighted by Gasteiger charge is -2.04. The molecular formula is C13H12N2O2. The third-order valence-corrected chi connectivity index (χ3v) is 2.31. The quantitative estimate of drug-likeness (QED) is 0.831. The van der Waals surface area contributed by atoms with Crippen molar-refractivity contribution < 1.29 is 4.79 Å². The van der Waals surface area contributed by atoms with Gasteiger partial charge < -0.3 is 10.3 Å². The number of aromatic amines is 1. The number of aromatic nitrogens is 1. The normalized spacial score (nSPS) is 9.88. The van der Waals surface area contributed by atoms with Crippen molar-refractivity contribution in [3.8, 4) is 0 Å². The SMILES string of the molecule is O=C(NCc1ccccc1)c1cc(=O)cc[nH]1. The number of nitrogens with one attached hydrogen (secondary N) is 2. The van der Waals surface area contributed by atoms with Gasteiger partial charge in [-0.15, -0.1) is 0 Å². The second-order valence-electron chi connectivity index (χ2n) is 3.61. The number of benzene rings is 1. The molecule has 4 nitrogen and oxygen atoms in total. The van der Waals surface area contributed by atoms with E-state index in [1.54, 1.807) is 0 Å². The van der Waals surface area contributed by atoms with E-state index in [9.17, 15) is 9.59 Å². The molecule has 1 amide bonds. The molecule has 0 saturated heterocycles. The topological polar surface area (TPSA) is 62.0 Å². The fourth-order valence-electron chi connectivity index (χ4n) is 1.45. The van der Waals surface area contributed by atoms with Crippen molar-refractivity contribution >= 4 is 5.91 Å². The Labute approximate surface area is 98.3 Å². The molecular weight excluding hydrogens is 216 g/mol. The van der Waals surface area contributed by atoms with Crippen LogP contribution in [0.4, 0.5) is 0 Å². The van der Waals surface area contributed by atoms with Gasteiger partial charge in [0.25, 0.3) is 5.91 Å². The minimum absolute atomic E-state index is 0.186. The minimum Gasteiger partial charge on any atom is -0.357 e.